The normalized spacial score (nSPS) is 11.3. The molecule has 1 heterocycles. The van der Waals surface area contributed by atoms with Gasteiger partial charge in [0.05, 0.1) is 5.69 Å². The predicted octanol–water partition coefficient (Wildman–Crippen LogP) is 3.26. The smallest absolute Gasteiger partial charge is 0.404 e. The van der Waals surface area contributed by atoms with Gasteiger partial charge in [-0.1, -0.05) is 12.1 Å². The van der Waals surface area contributed by atoms with Gasteiger partial charge < -0.3 is 20.8 Å². The first-order chi connectivity index (χ1) is 12.2. The molecule has 1 amide bonds. The molecular formula is C17H12F3N3O3. The molecule has 0 aliphatic rings. The van der Waals surface area contributed by atoms with Crippen LogP contribution in [0.25, 0.3) is 10.9 Å². The second kappa shape index (κ2) is 6.43. The summed E-state index contributed by atoms with van der Waals surface area (Å²) in [6.07, 6.45) is -3.61. The van der Waals surface area contributed by atoms with Crippen molar-refractivity contribution in [2.24, 2.45) is 0 Å². The highest BCUT2D eigenvalue weighted by Gasteiger charge is 2.32. The number of carbonyl (C=O) groups is 1. The highest BCUT2D eigenvalue weighted by atomic mass is 19.4. The van der Waals surface area contributed by atoms with Crippen LogP contribution in [0.3, 0.4) is 0 Å². The summed E-state index contributed by atoms with van der Waals surface area (Å²) in [5.74, 6) is -1.31. The van der Waals surface area contributed by atoms with E-state index in [9.17, 15) is 22.8 Å². The zero-order valence-corrected chi connectivity index (χ0v) is 13.1. The van der Waals surface area contributed by atoms with Crippen molar-refractivity contribution in [3.8, 4) is 5.75 Å². The molecule has 3 rings (SSSR count). The minimum absolute atomic E-state index is 0.120. The Labute approximate surface area is 144 Å². The number of halogens is 3. The van der Waals surface area contributed by atoms with E-state index in [1.807, 2.05) is 0 Å². The van der Waals surface area contributed by atoms with Crippen LogP contribution in [0.1, 0.15) is 10.4 Å². The number of nitrogen functional groups attached to an aromatic ring is 1. The molecule has 0 aliphatic carbocycles. The Balaban J connectivity index is 1.86. The molecule has 3 aromatic rings. The first-order valence-corrected chi connectivity index (χ1v) is 7.31. The summed E-state index contributed by atoms with van der Waals surface area (Å²) in [5.41, 5.74) is 5.28. The van der Waals surface area contributed by atoms with Gasteiger partial charge in [0.15, 0.2) is 5.75 Å². The number of nitrogens with two attached hydrogens (primary N) is 1. The number of hydrogen-bond acceptors (Lipinski definition) is 4. The van der Waals surface area contributed by atoms with Crippen molar-refractivity contribution in [1.82, 2.24) is 4.98 Å². The van der Waals surface area contributed by atoms with E-state index >= 15 is 0 Å². The van der Waals surface area contributed by atoms with Crippen LogP contribution in [0, 0.1) is 0 Å². The second-order valence-corrected chi connectivity index (χ2v) is 5.33. The van der Waals surface area contributed by atoms with Crippen LogP contribution in [0.2, 0.25) is 0 Å². The van der Waals surface area contributed by atoms with E-state index in [2.05, 4.69) is 15.0 Å². The molecule has 9 heteroatoms. The number of nitrogens with one attached hydrogen (secondary N) is 2. The quantitative estimate of drug-likeness (QED) is 0.622. The summed E-state index contributed by atoms with van der Waals surface area (Å²) in [5, 5.41) is 2.76. The maximum atomic E-state index is 12.4. The summed E-state index contributed by atoms with van der Waals surface area (Å²) in [6, 6.07) is 9.94. The van der Waals surface area contributed by atoms with Crippen molar-refractivity contribution < 1.29 is 22.7 Å². The highest BCUT2D eigenvalue weighted by molar-refractivity contribution is 6.05. The number of H-pyrrole nitrogens is 1. The molecule has 0 unspecified atom stereocenters. The molecule has 0 spiro atoms. The molecule has 0 fully saturated rings. The van der Waals surface area contributed by atoms with E-state index in [-0.39, 0.29) is 16.9 Å². The van der Waals surface area contributed by atoms with E-state index < -0.39 is 23.4 Å². The van der Waals surface area contributed by atoms with Crippen molar-refractivity contribution in [1.29, 1.82) is 0 Å². The molecule has 0 bridgehead atoms. The fourth-order valence-corrected chi connectivity index (χ4v) is 2.38. The lowest BCUT2D eigenvalue weighted by molar-refractivity contribution is -0.274. The topological polar surface area (TPSA) is 97.2 Å². The van der Waals surface area contributed by atoms with Gasteiger partial charge in [-0.25, -0.2) is 0 Å². The number of para-hydroxylation sites is 1. The zero-order chi connectivity index (χ0) is 18.9. The van der Waals surface area contributed by atoms with E-state index in [1.165, 1.54) is 12.3 Å². The average Bonchev–Trinajstić information content (AvgIpc) is 2.57. The van der Waals surface area contributed by atoms with Crippen molar-refractivity contribution in [2.45, 2.75) is 6.36 Å². The summed E-state index contributed by atoms with van der Waals surface area (Å²) >= 11 is 0. The molecular weight excluding hydrogens is 351 g/mol. The van der Waals surface area contributed by atoms with E-state index in [0.29, 0.717) is 10.9 Å². The number of amides is 1. The maximum Gasteiger partial charge on any atom is 0.573 e. The first kappa shape index (κ1) is 17.3. The number of aromatic nitrogens is 1. The third-order valence-electron chi connectivity index (χ3n) is 3.53. The lowest BCUT2D eigenvalue weighted by atomic mass is 10.1. The third-order valence-corrected chi connectivity index (χ3v) is 3.53. The lowest BCUT2D eigenvalue weighted by Gasteiger charge is -2.12. The van der Waals surface area contributed by atoms with Gasteiger partial charge in [0, 0.05) is 22.8 Å². The van der Waals surface area contributed by atoms with Crippen LogP contribution in [0.5, 0.6) is 5.75 Å². The van der Waals surface area contributed by atoms with Gasteiger partial charge in [-0.05, 0) is 30.3 Å². The number of rotatable bonds is 3. The number of hydrogen-bond donors (Lipinski definition) is 3. The summed E-state index contributed by atoms with van der Waals surface area (Å²) in [7, 11) is 0. The van der Waals surface area contributed by atoms with Crippen LogP contribution in [0.4, 0.5) is 24.5 Å². The monoisotopic (exact) mass is 363 g/mol. The van der Waals surface area contributed by atoms with Gasteiger partial charge in [-0.3, -0.25) is 9.59 Å². The number of ether oxygens (including phenoxy) is 1. The fourth-order valence-electron chi connectivity index (χ4n) is 2.38. The van der Waals surface area contributed by atoms with Gasteiger partial charge in [0.25, 0.3) is 5.91 Å². The summed E-state index contributed by atoms with van der Waals surface area (Å²) < 4.78 is 40.5. The van der Waals surface area contributed by atoms with Crippen molar-refractivity contribution in [2.75, 3.05) is 11.1 Å². The fraction of sp³-hybridized carbons (Fsp3) is 0.0588. The number of fused-ring (bicyclic) bond motifs is 1. The van der Waals surface area contributed by atoms with Gasteiger partial charge in [-0.15, -0.1) is 13.2 Å². The molecule has 0 radical (unpaired) electrons. The van der Waals surface area contributed by atoms with Crippen LogP contribution in [0.15, 0.2) is 53.5 Å². The van der Waals surface area contributed by atoms with Gasteiger partial charge in [0.2, 0.25) is 5.43 Å². The Morgan fingerprint density at radius 3 is 2.58 bits per heavy atom. The van der Waals surface area contributed by atoms with Crippen LogP contribution >= 0.6 is 0 Å². The molecule has 0 saturated carbocycles. The van der Waals surface area contributed by atoms with Crippen LogP contribution < -0.4 is 21.2 Å². The zero-order valence-electron chi connectivity index (χ0n) is 13.1. The Morgan fingerprint density at radius 2 is 1.88 bits per heavy atom. The number of benzene rings is 2. The van der Waals surface area contributed by atoms with Crippen molar-refractivity contribution >= 4 is 28.2 Å². The molecule has 26 heavy (non-hydrogen) atoms. The third kappa shape index (κ3) is 3.61. The molecule has 0 atom stereocenters. The molecule has 2 aromatic carbocycles. The van der Waals surface area contributed by atoms with E-state index in [4.69, 9.17) is 5.73 Å². The predicted molar refractivity (Wildman–Crippen MR) is 90.1 cm³/mol. The lowest BCUT2D eigenvalue weighted by Crippen LogP contribution is -2.22. The molecule has 1 aromatic heterocycles. The Kier molecular flexibility index (Phi) is 4.29. The number of carbonyl (C=O) groups excluding carboxylic acids is 1. The van der Waals surface area contributed by atoms with Gasteiger partial charge in [0.1, 0.15) is 5.56 Å². The molecule has 6 nitrogen and oxygen atoms in total. The molecule has 134 valence electrons. The number of alkyl halides is 3. The minimum Gasteiger partial charge on any atom is -0.404 e. The molecule has 4 N–H and O–H groups in total. The van der Waals surface area contributed by atoms with Gasteiger partial charge >= 0.3 is 6.36 Å². The highest BCUT2D eigenvalue weighted by Crippen LogP contribution is 2.30. The Bertz CT molecular complexity index is 1040. The molecule has 0 aliphatic heterocycles. The minimum atomic E-state index is -4.88. The molecule has 0 saturated heterocycles. The van der Waals surface area contributed by atoms with Crippen molar-refractivity contribution in [3.05, 3.63) is 64.4 Å². The maximum absolute atomic E-state index is 12.4. The van der Waals surface area contributed by atoms with E-state index in [0.717, 1.165) is 12.1 Å². The standard InChI is InChI=1S/C17H12F3N3O3/c18-17(19,20)26-14-6-5-9(7-12(14)21)23-16(25)11-8-22-13-4-2-1-3-10(13)15(11)24/h1-8H,21H2,(H,22,24)(H,23,25). The van der Waals surface area contributed by atoms with E-state index in [1.54, 1.807) is 24.3 Å². The Hall–Kier alpha value is -3.49. The summed E-state index contributed by atoms with van der Waals surface area (Å²) in [4.78, 5) is 27.6. The van der Waals surface area contributed by atoms with Crippen LogP contribution in [-0.2, 0) is 0 Å². The summed E-state index contributed by atoms with van der Waals surface area (Å²) in [6.45, 7) is 0. The van der Waals surface area contributed by atoms with Crippen LogP contribution in [-0.4, -0.2) is 17.3 Å². The second-order valence-electron chi connectivity index (χ2n) is 5.33. The Morgan fingerprint density at radius 1 is 1.15 bits per heavy atom. The SMILES string of the molecule is Nc1cc(NC(=O)c2c[nH]c3ccccc3c2=O)ccc1OC(F)(F)F. The average molecular weight is 363 g/mol. The number of aromatic amines is 1. The van der Waals surface area contributed by atoms with Gasteiger partial charge in [-0.2, -0.15) is 0 Å². The van der Waals surface area contributed by atoms with Crippen molar-refractivity contribution in [3.63, 3.8) is 0 Å². The number of pyridine rings is 1. The first-order valence-electron chi connectivity index (χ1n) is 7.31. The largest absolute Gasteiger partial charge is 0.573 e. The number of anilines is 2.